The predicted octanol–water partition coefficient (Wildman–Crippen LogP) is 6.84. The first-order chi connectivity index (χ1) is 17.3. The molecule has 0 saturated carbocycles. The number of ether oxygens (including phenoxy) is 2. The molecule has 5 heteroatoms. The Morgan fingerprint density at radius 3 is 2.51 bits per heavy atom. The number of aromatic nitrogens is 1. The molecule has 3 heterocycles. The quantitative estimate of drug-likeness (QED) is 0.287. The van der Waals surface area contributed by atoms with E-state index in [1.807, 2.05) is 11.8 Å². The second-order valence-corrected chi connectivity index (χ2v) is 10.5. The lowest BCUT2D eigenvalue weighted by atomic mass is 10.1. The zero-order valence-electron chi connectivity index (χ0n) is 20.3. The smallest absolute Gasteiger partial charge is 0.119 e. The number of nitrogens with zero attached hydrogens (tertiary/aromatic N) is 2. The number of benzene rings is 3. The third kappa shape index (κ3) is 4.55. The van der Waals surface area contributed by atoms with Crippen LogP contribution in [-0.4, -0.2) is 42.8 Å². The standard InChI is InChI=1S/C30H32N2O2S/c1-33-24-13-14-28-26(19-24)27-21-35-29-8-4-3-7-25(29)30(27)32(28)20-22-9-11-23(12-10-22)34-18-17-31-15-5-2-6-16-31/h3-4,7-14,19H,2,5-6,15-18,20-21H2,1H3. The predicted molar refractivity (Wildman–Crippen MR) is 145 cm³/mol. The summed E-state index contributed by atoms with van der Waals surface area (Å²) in [6.07, 6.45) is 4.02. The highest BCUT2D eigenvalue weighted by Crippen LogP contribution is 2.46. The molecular weight excluding hydrogens is 452 g/mol. The van der Waals surface area contributed by atoms with Crippen molar-refractivity contribution in [2.45, 2.75) is 36.5 Å². The van der Waals surface area contributed by atoms with E-state index in [1.54, 1.807) is 7.11 Å². The van der Waals surface area contributed by atoms with Crippen LogP contribution in [0.25, 0.3) is 22.2 Å². The van der Waals surface area contributed by atoms with Gasteiger partial charge in [-0.25, -0.2) is 0 Å². The van der Waals surface area contributed by atoms with Gasteiger partial charge in [0.2, 0.25) is 0 Å². The van der Waals surface area contributed by atoms with Gasteiger partial charge >= 0.3 is 0 Å². The van der Waals surface area contributed by atoms with Gasteiger partial charge in [-0.15, -0.1) is 11.8 Å². The molecule has 0 N–H and O–H groups in total. The molecule has 1 aromatic heterocycles. The average molecular weight is 485 g/mol. The number of hydrogen-bond acceptors (Lipinski definition) is 4. The molecule has 0 unspecified atom stereocenters. The average Bonchev–Trinajstić information content (AvgIpc) is 3.23. The number of fused-ring (bicyclic) bond motifs is 5. The Balaban J connectivity index is 1.26. The summed E-state index contributed by atoms with van der Waals surface area (Å²) in [5, 5.41) is 1.29. The maximum atomic E-state index is 6.07. The minimum Gasteiger partial charge on any atom is -0.497 e. The largest absolute Gasteiger partial charge is 0.497 e. The van der Waals surface area contributed by atoms with E-state index in [9.17, 15) is 0 Å². The van der Waals surface area contributed by atoms with Crippen molar-refractivity contribution in [3.63, 3.8) is 0 Å². The molecule has 4 nitrogen and oxygen atoms in total. The van der Waals surface area contributed by atoms with E-state index in [2.05, 4.69) is 76.2 Å². The van der Waals surface area contributed by atoms with Crippen LogP contribution >= 0.6 is 11.8 Å². The minimum absolute atomic E-state index is 0.755. The number of thioether (sulfide) groups is 1. The van der Waals surface area contributed by atoms with Crippen LogP contribution in [0.4, 0.5) is 0 Å². The van der Waals surface area contributed by atoms with Gasteiger partial charge in [0.1, 0.15) is 18.1 Å². The summed E-state index contributed by atoms with van der Waals surface area (Å²) in [5.74, 6) is 2.84. The third-order valence-electron chi connectivity index (χ3n) is 7.28. The Bertz CT molecular complexity index is 1320. The molecule has 35 heavy (non-hydrogen) atoms. The molecule has 0 aliphatic carbocycles. The van der Waals surface area contributed by atoms with Crippen molar-refractivity contribution in [1.29, 1.82) is 0 Å². The second-order valence-electron chi connectivity index (χ2n) is 9.48. The van der Waals surface area contributed by atoms with Gasteiger partial charge in [0.05, 0.1) is 12.8 Å². The molecule has 6 rings (SSSR count). The van der Waals surface area contributed by atoms with E-state index in [-0.39, 0.29) is 0 Å². The lowest BCUT2D eigenvalue weighted by molar-refractivity contribution is 0.183. The first-order valence-electron chi connectivity index (χ1n) is 12.7. The normalized spacial score (nSPS) is 15.6. The zero-order chi connectivity index (χ0) is 23.6. The molecule has 0 spiro atoms. The van der Waals surface area contributed by atoms with Gasteiger partial charge in [0.15, 0.2) is 0 Å². The summed E-state index contributed by atoms with van der Waals surface area (Å²) in [7, 11) is 1.74. The summed E-state index contributed by atoms with van der Waals surface area (Å²) >= 11 is 1.92. The maximum Gasteiger partial charge on any atom is 0.119 e. The number of likely N-dealkylation sites (tertiary alicyclic amines) is 1. The van der Waals surface area contributed by atoms with E-state index in [0.29, 0.717) is 0 Å². The summed E-state index contributed by atoms with van der Waals surface area (Å²) in [6.45, 7) is 5.02. The van der Waals surface area contributed by atoms with Crippen molar-refractivity contribution >= 4 is 22.7 Å². The van der Waals surface area contributed by atoms with Crippen LogP contribution in [0.3, 0.4) is 0 Å². The molecule has 1 fully saturated rings. The molecule has 1 saturated heterocycles. The number of methoxy groups -OCH3 is 1. The molecule has 0 radical (unpaired) electrons. The highest BCUT2D eigenvalue weighted by atomic mass is 32.2. The Hall–Kier alpha value is -2.89. The van der Waals surface area contributed by atoms with Crippen molar-refractivity contribution < 1.29 is 9.47 Å². The van der Waals surface area contributed by atoms with Crippen molar-refractivity contribution in [1.82, 2.24) is 9.47 Å². The van der Waals surface area contributed by atoms with Crippen LogP contribution in [0.1, 0.15) is 30.4 Å². The van der Waals surface area contributed by atoms with Crippen LogP contribution in [0.15, 0.2) is 71.6 Å². The lowest BCUT2D eigenvalue weighted by Crippen LogP contribution is -2.33. The van der Waals surface area contributed by atoms with Crippen LogP contribution in [0.5, 0.6) is 11.5 Å². The van der Waals surface area contributed by atoms with Gasteiger partial charge in [-0.1, -0.05) is 36.8 Å². The van der Waals surface area contributed by atoms with Gasteiger partial charge in [-0.3, -0.25) is 4.90 Å². The van der Waals surface area contributed by atoms with Crippen LogP contribution in [0, 0.1) is 0 Å². The Labute approximate surface area is 211 Å². The van der Waals surface area contributed by atoms with Crippen LogP contribution in [-0.2, 0) is 12.3 Å². The SMILES string of the molecule is COc1ccc2c(c1)c1c(n2Cc2ccc(OCCN3CCCCC3)cc2)-c2ccccc2SC1. The topological polar surface area (TPSA) is 26.6 Å². The molecule has 3 aromatic carbocycles. The molecule has 180 valence electrons. The fourth-order valence-electron chi connectivity index (χ4n) is 5.44. The molecule has 2 aliphatic heterocycles. The lowest BCUT2D eigenvalue weighted by Gasteiger charge is -2.26. The van der Waals surface area contributed by atoms with Gasteiger partial charge < -0.3 is 14.0 Å². The molecule has 2 aliphatic rings. The number of hydrogen-bond donors (Lipinski definition) is 0. The van der Waals surface area contributed by atoms with E-state index >= 15 is 0 Å². The molecule has 0 bridgehead atoms. The Kier molecular flexibility index (Phi) is 6.45. The zero-order valence-corrected chi connectivity index (χ0v) is 21.2. The highest BCUT2D eigenvalue weighted by Gasteiger charge is 2.25. The van der Waals surface area contributed by atoms with Crippen molar-refractivity contribution in [3.8, 4) is 22.8 Å². The van der Waals surface area contributed by atoms with E-state index in [0.717, 1.165) is 36.9 Å². The van der Waals surface area contributed by atoms with E-state index < -0.39 is 0 Å². The van der Waals surface area contributed by atoms with Gasteiger partial charge in [-0.2, -0.15) is 0 Å². The number of piperidine rings is 1. The van der Waals surface area contributed by atoms with Crippen molar-refractivity contribution in [2.24, 2.45) is 0 Å². The molecule has 0 amide bonds. The summed E-state index contributed by atoms with van der Waals surface area (Å²) in [4.78, 5) is 3.87. The summed E-state index contributed by atoms with van der Waals surface area (Å²) in [5.41, 5.74) is 6.60. The van der Waals surface area contributed by atoms with Crippen LogP contribution in [0.2, 0.25) is 0 Å². The van der Waals surface area contributed by atoms with E-state index in [4.69, 9.17) is 9.47 Å². The highest BCUT2D eigenvalue weighted by molar-refractivity contribution is 7.98. The maximum absolute atomic E-state index is 6.07. The van der Waals surface area contributed by atoms with E-state index in [1.165, 1.54) is 70.5 Å². The first-order valence-corrected chi connectivity index (χ1v) is 13.6. The first kappa shape index (κ1) is 22.6. The molecule has 0 atom stereocenters. The summed E-state index contributed by atoms with van der Waals surface area (Å²) < 4.78 is 14.1. The van der Waals surface area contributed by atoms with Gasteiger partial charge in [0.25, 0.3) is 0 Å². The summed E-state index contributed by atoms with van der Waals surface area (Å²) in [6, 6.07) is 23.9. The van der Waals surface area contributed by atoms with Crippen molar-refractivity contribution in [3.05, 3.63) is 77.9 Å². The molecule has 4 aromatic rings. The third-order valence-corrected chi connectivity index (χ3v) is 8.38. The molecular formula is C30H32N2O2S. The minimum atomic E-state index is 0.755. The number of rotatable bonds is 7. The monoisotopic (exact) mass is 484 g/mol. The van der Waals surface area contributed by atoms with Gasteiger partial charge in [0, 0.05) is 40.2 Å². The Morgan fingerprint density at radius 1 is 0.886 bits per heavy atom. The van der Waals surface area contributed by atoms with Crippen molar-refractivity contribution in [2.75, 3.05) is 33.4 Å². The Morgan fingerprint density at radius 2 is 1.69 bits per heavy atom. The van der Waals surface area contributed by atoms with Gasteiger partial charge in [-0.05, 0) is 73.5 Å². The fourth-order valence-corrected chi connectivity index (χ4v) is 6.52. The van der Waals surface area contributed by atoms with Crippen LogP contribution < -0.4 is 9.47 Å². The fraction of sp³-hybridized carbons (Fsp3) is 0.333. The second kappa shape index (κ2) is 10.00.